The number of rotatable bonds is 5. The Morgan fingerprint density at radius 1 is 0.467 bits per heavy atom. The fourth-order valence-electron chi connectivity index (χ4n) is 3.58. The summed E-state index contributed by atoms with van der Waals surface area (Å²) in [6.45, 7) is 4.46. The molecule has 4 aromatic rings. The van der Waals surface area contributed by atoms with Crippen molar-refractivity contribution in [3.8, 4) is 11.1 Å². The van der Waals surface area contributed by atoms with Crippen molar-refractivity contribution < 1.29 is 43.1 Å². The molecule has 0 spiro atoms. The standard InChI is InChI=1S/C26H26N2.2BrH/c1-21(23-9-5-3-6-10-23)27-17-13-25(14-18-27)26-15-19-28(20-16-26)22(2)24-11-7-4-8-12-24;;/h3-22H,1-2H3;2*1H/q+2;;/p-2. The van der Waals surface area contributed by atoms with Gasteiger partial charge in [-0.2, -0.15) is 9.13 Å². The molecule has 0 aliphatic heterocycles. The normalized spacial score (nSPS) is 12.2. The van der Waals surface area contributed by atoms with Gasteiger partial charge in [-0.3, -0.25) is 0 Å². The molecule has 4 rings (SSSR count). The molecular weight excluding hydrogens is 500 g/mol. The van der Waals surface area contributed by atoms with Gasteiger partial charge in [-0.05, 0) is 11.1 Å². The highest BCUT2D eigenvalue weighted by Gasteiger charge is 2.16. The van der Waals surface area contributed by atoms with Gasteiger partial charge < -0.3 is 34.0 Å². The topological polar surface area (TPSA) is 7.76 Å². The van der Waals surface area contributed by atoms with Gasteiger partial charge in [0.1, 0.15) is 0 Å². The van der Waals surface area contributed by atoms with E-state index in [4.69, 9.17) is 0 Å². The highest BCUT2D eigenvalue weighted by atomic mass is 79.9. The number of halogens is 2. The van der Waals surface area contributed by atoms with E-state index in [9.17, 15) is 0 Å². The molecule has 0 aliphatic carbocycles. The molecule has 0 saturated carbocycles. The number of hydrogen-bond acceptors (Lipinski definition) is 0. The molecule has 0 radical (unpaired) electrons. The molecular formula is C26H26Br2N2. The second-order valence-electron chi connectivity index (χ2n) is 7.24. The molecule has 154 valence electrons. The largest absolute Gasteiger partial charge is 1.00 e. The fraction of sp³-hybridized carbons (Fsp3) is 0.154. The third-order valence-corrected chi connectivity index (χ3v) is 5.50. The number of benzene rings is 2. The Kier molecular flexibility index (Phi) is 8.94. The summed E-state index contributed by atoms with van der Waals surface area (Å²) in [5.74, 6) is 0. The third kappa shape index (κ3) is 5.44. The smallest absolute Gasteiger partial charge is 0.180 e. The highest BCUT2D eigenvalue weighted by Crippen LogP contribution is 2.18. The van der Waals surface area contributed by atoms with E-state index < -0.39 is 0 Å². The summed E-state index contributed by atoms with van der Waals surface area (Å²) < 4.78 is 4.50. The molecule has 0 amide bonds. The van der Waals surface area contributed by atoms with Crippen LogP contribution in [0.2, 0.25) is 0 Å². The first-order valence-electron chi connectivity index (χ1n) is 9.84. The maximum absolute atomic E-state index is 2.25. The minimum atomic E-state index is 0. The summed E-state index contributed by atoms with van der Waals surface area (Å²) in [7, 11) is 0. The van der Waals surface area contributed by atoms with E-state index in [-0.39, 0.29) is 34.0 Å². The molecule has 0 bridgehead atoms. The zero-order valence-corrected chi connectivity index (χ0v) is 20.4. The van der Waals surface area contributed by atoms with Crippen LogP contribution in [0.1, 0.15) is 37.1 Å². The highest BCUT2D eigenvalue weighted by molar-refractivity contribution is 5.61. The van der Waals surface area contributed by atoms with E-state index in [1.807, 2.05) is 0 Å². The van der Waals surface area contributed by atoms with Crippen molar-refractivity contribution in [2.45, 2.75) is 25.9 Å². The maximum Gasteiger partial charge on any atom is 0.180 e. The van der Waals surface area contributed by atoms with Gasteiger partial charge >= 0.3 is 0 Å². The van der Waals surface area contributed by atoms with Gasteiger partial charge in [0, 0.05) is 49.2 Å². The predicted molar refractivity (Wildman–Crippen MR) is 113 cm³/mol. The molecule has 4 heteroatoms. The van der Waals surface area contributed by atoms with Gasteiger partial charge in [0.15, 0.2) is 36.9 Å². The number of nitrogens with zero attached hydrogens (tertiary/aromatic N) is 2. The van der Waals surface area contributed by atoms with Crippen molar-refractivity contribution >= 4 is 0 Å². The van der Waals surface area contributed by atoms with Gasteiger partial charge in [-0.15, -0.1) is 0 Å². The monoisotopic (exact) mass is 524 g/mol. The Morgan fingerprint density at radius 2 is 0.767 bits per heavy atom. The van der Waals surface area contributed by atoms with Crippen LogP contribution in [0.25, 0.3) is 11.1 Å². The van der Waals surface area contributed by atoms with Gasteiger partial charge in [-0.25, -0.2) is 0 Å². The lowest BCUT2D eigenvalue weighted by Crippen LogP contribution is -3.00. The minimum Gasteiger partial charge on any atom is -1.00 e. The van der Waals surface area contributed by atoms with Crippen LogP contribution in [-0.4, -0.2) is 0 Å². The van der Waals surface area contributed by atoms with Crippen LogP contribution in [0.3, 0.4) is 0 Å². The van der Waals surface area contributed by atoms with Crippen LogP contribution in [-0.2, 0) is 0 Å². The summed E-state index contributed by atoms with van der Waals surface area (Å²) in [6, 6.07) is 30.6. The predicted octanol–water partition coefficient (Wildman–Crippen LogP) is -0.845. The van der Waals surface area contributed by atoms with E-state index >= 15 is 0 Å². The summed E-state index contributed by atoms with van der Waals surface area (Å²) in [5, 5.41) is 0. The van der Waals surface area contributed by atoms with Crippen molar-refractivity contribution in [1.82, 2.24) is 0 Å². The first kappa shape index (κ1) is 24.0. The Balaban J connectivity index is 0.00000160. The van der Waals surface area contributed by atoms with E-state index in [1.165, 1.54) is 22.3 Å². The minimum absolute atomic E-state index is 0. The van der Waals surface area contributed by atoms with Gasteiger partial charge in [-0.1, -0.05) is 60.7 Å². The number of aromatic nitrogens is 2. The number of hydrogen-bond donors (Lipinski definition) is 0. The molecule has 2 nitrogen and oxygen atoms in total. The van der Waals surface area contributed by atoms with Crippen LogP contribution in [0, 0.1) is 0 Å². The van der Waals surface area contributed by atoms with Crippen LogP contribution >= 0.6 is 0 Å². The molecule has 30 heavy (non-hydrogen) atoms. The molecule has 0 N–H and O–H groups in total. The SMILES string of the molecule is CC(c1ccccc1)[n+]1ccc(-c2cc[n+](C(C)c3ccccc3)cc2)cc1.[Br-].[Br-]. The van der Waals surface area contributed by atoms with Gasteiger partial charge in [0.05, 0.1) is 0 Å². The zero-order chi connectivity index (χ0) is 19.3. The maximum atomic E-state index is 2.25. The third-order valence-electron chi connectivity index (χ3n) is 5.50. The summed E-state index contributed by atoms with van der Waals surface area (Å²) in [4.78, 5) is 0. The quantitative estimate of drug-likeness (QED) is 0.300. The Hall–Kier alpha value is -2.30. The first-order valence-corrected chi connectivity index (χ1v) is 9.84. The Morgan fingerprint density at radius 3 is 1.07 bits per heavy atom. The summed E-state index contributed by atoms with van der Waals surface area (Å²) >= 11 is 0. The molecule has 2 aromatic carbocycles. The molecule has 2 atom stereocenters. The molecule has 2 aromatic heterocycles. The average Bonchev–Trinajstić information content (AvgIpc) is 2.79. The van der Waals surface area contributed by atoms with E-state index in [1.54, 1.807) is 0 Å². The van der Waals surface area contributed by atoms with Crippen LogP contribution in [0.15, 0.2) is 110 Å². The lowest BCUT2D eigenvalue weighted by molar-refractivity contribution is -0.710. The van der Waals surface area contributed by atoms with Crippen LogP contribution in [0.5, 0.6) is 0 Å². The van der Waals surface area contributed by atoms with Crippen molar-refractivity contribution in [2.75, 3.05) is 0 Å². The van der Waals surface area contributed by atoms with Gasteiger partial charge in [0.25, 0.3) is 0 Å². The molecule has 2 heterocycles. The van der Waals surface area contributed by atoms with Gasteiger partial charge in [0.2, 0.25) is 0 Å². The number of pyridine rings is 2. The van der Waals surface area contributed by atoms with E-state index in [2.05, 4.69) is 133 Å². The summed E-state index contributed by atoms with van der Waals surface area (Å²) in [5.41, 5.74) is 5.10. The van der Waals surface area contributed by atoms with Crippen LogP contribution in [0.4, 0.5) is 0 Å². The second kappa shape index (κ2) is 11.2. The Bertz CT molecular complexity index is 931. The first-order chi connectivity index (χ1) is 13.7. The molecule has 0 fully saturated rings. The van der Waals surface area contributed by atoms with Crippen molar-refractivity contribution in [1.29, 1.82) is 0 Å². The molecule has 0 aliphatic rings. The average molecular weight is 526 g/mol. The van der Waals surface area contributed by atoms with E-state index in [0.29, 0.717) is 12.1 Å². The van der Waals surface area contributed by atoms with Crippen molar-refractivity contribution in [2.24, 2.45) is 0 Å². The fourth-order valence-corrected chi connectivity index (χ4v) is 3.58. The zero-order valence-electron chi connectivity index (χ0n) is 17.2. The van der Waals surface area contributed by atoms with Crippen LogP contribution < -0.4 is 43.1 Å². The Labute approximate surface area is 200 Å². The molecule has 0 saturated heterocycles. The van der Waals surface area contributed by atoms with Crippen molar-refractivity contribution in [3.05, 3.63) is 121 Å². The van der Waals surface area contributed by atoms with E-state index in [0.717, 1.165) is 0 Å². The van der Waals surface area contributed by atoms with Crippen molar-refractivity contribution in [3.63, 3.8) is 0 Å². The molecule has 2 unspecified atom stereocenters. The second-order valence-corrected chi connectivity index (χ2v) is 7.24. The summed E-state index contributed by atoms with van der Waals surface area (Å²) in [6.07, 6.45) is 8.67. The lowest BCUT2D eigenvalue weighted by atomic mass is 10.1. The lowest BCUT2D eigenvalue weighted by Gasteiger charge is -2.09.